The van der Waals surface area contributed by atoms with Gasteiger partial charge in [0.05, 0.1) is 27.4 Å². The monoisotopic (exact) mass is 467 g/mol. The molecule has 0 fully saturated rings. The summed E-state index contributed by atoms with van der Waals surface area (Å²) in [6.45, 7) is 1.68. The minimum absolute atomic E-state index is 0.0398. The third-order valence-corrected chi connectivity index (χ3v) is 7.42. The van der Waals surface area contributed by atoms with E-state index in [1.54, 1.807) is 13.0 Å². The first-order chi connectivity index (χ1) is 12.6. The summed E-state index contributed by atoms with van der Waals surface area (Å²) < 4.78 is 27.8. The lowest BCUT2D eigenvalue weighted by molar-refractivity contribution is -0.133. The summed E-state index contributed by atoms with van der Waals surface area (Å²) in [5, 5.41) is 9.78. The number of benzene rings is 2. The molecule has 2 aromatic rings. The fraction of sp³-hybridized carbons (Fsp3) is 0.235. The van der Waals surface area contributed by atoms with E-state index in [9.17, 15) is 13.2 Å². The standard InChI is InChI=1S/C17H16Cl3NO4S2/c1-11(9-26-10-17(22)23)21(16-8-13(19)4-7-15(16)20)27(24,25)14-5-2-12(18)3-6-14/h2-8,11H,9-10H2,1H3,(H,22,23). The van der Waals surface area contributed by atoms with Gasteiger partial charge in [0, 0.05) is 15.8 Å². The molecular formula is C17H16Cl3NO4S2. The molecule has 146 valence electrons. The van der Waals surface area contributed by atoms with Crippen LogP contribution in [0.1, 0.15) is 6.92 Å². The Bertz CT molecular complexity index is 920. The zero-order valence-corrected chi connectivity index (χ0v) is 18.0. The lowest BCUT2D eigenvalue weighted by Gasteiger charge is -2.31. The molecule has 0 bridgehead atoms. The molecule has 0 aliphatic carbocycles. The van der Waals surface area contributed by atoms with Gasteiger partial charge in [-0.25, -0.2) is 8.42 Å². The Morgan fingerprint density at radius 1 is 1.11 bits per heavy atom. The molecule has 0 spiro atoms. The van der Waals surface area contributed by atoms with Crippen molar-refractivity contribution in [2.75, 3.05) is 15.8 Å². The van der Waals surface area contributed by atoms with Gasteiger partial charge < -0.3 is 5.11 Å². The Morgan fingerprint density at radius 2 is 1.70 bits per heavy atom. The number of aliphatic carboxylic acids is 1. The highest BCUT2D eigenvalue weighted by Crippen LogP contribution is 2.35. The largest absolute Gasteiger partial charge is 0.481 e. The molecule has 0 aromatic heterocycles. The summed E-state index contributed by atoms with van der Waals surface area (Å²) >= 11 is 19.3. The van der Waals surface area contributed by atoms with Crippen LogP contribution in [0, 0.1) is 0 Å². The lowest BCUT2D eigenvalue weighted by Crippen LogP contribution is -2.40. The lowest BCUT2D eigenvalue weighted by atomic mass is 10.3. The Labute approximate surface area is 177 Å². The van der Waals surface area contributed by atoms with Crippen LogP contribution in [0.5, 0.6) is 0 Å². The van der Waals surface area contributed by atoms with E-state index in [1.807, 2.05) is 0 Å². The van der Waals surface area contributed by atoms with E-state index in [0.717, 1.165) is 11.8 Å². The number of halogens is 3. The van der Waals surface area contributed by atoms with Crippen molar-refractivity contribution in [3.63, 3.8) is 0 Å². The van der Waals surface area contributed by atoms with Gasteiger partial charge in [-0.2, -0.15) is 0 Å². The van der Waals surface area contributed by atoms with Crippen LogP contribution in [0.15, 0.2) is 47.4 Å². The Kier molecular flexibility index (Phi) is 7.71. The van der Waals surface area contributed by atoms with Gasteiger partial charge in [0.15, 0.2) is 0 Å². The number of carboxylic acid groups (broad SMARTS) is 1. The predicted octanol–water partition coefficient (Wildman–Crippen LogP) is 5.05. The van der Waals surface area contributed by atoms with Crippen LogP contribution in [0.25, 0.3) is 0 Å². The summed E-state index contributed by atoms with van der Waals surface area (Å²) in [4.78, 5) is 10.8. The van der Waals surface area contributed by atoms with E-state index in [4.69, 9.17) is 39.9 Å². The second-order valence-corrected chi connectivity index (χ2v) is 9.73. The van der Waals surface area contributed by atoms with Crippen LogP contribution in [-0.4, -0.2) is 37.0 Å². The smallest absolute Gasteiger partial charge is 0.313 e. The van der Waals surface area contributed by atoms with Crippen molar-refractivity contribution in [3.05, 3.63) is 57.5 Å². The molecule has 0 amide bonds. The molecule has 10 heteroatoms. The van der Waals surface area contributed by atoms with Crippen LogP contribution in [-0.2, 0) is 14.8 Å². The summed E-state index contributed by atoms with van der Waals surface area (Å²) in [7, 11) is -3.99. The average Bonchev–Trinajstić information content (AvgIpc) is 2.58. The van der Waals surface area contributed by atoms with Gasteiger partial charge in [-0.15, -0.1) is 11.8 Å². The van der Waals surface area contributed by atoms with Gasteiger partial charge in [-0.1, -0.05) is 34.8 Å². The molecule has 0 saturated heterocycles. The van der Waals surface area contributed by atoms with Gasteiger partial charge in [-0.05, 0) is 49.4 Å². The van der Waals surface area contributed by atoms with Gasteiger partial charge in [-0.3, -0.25) is 9.10 Å². The number of hydrogen-bond donors (Lipinski definition) is 1. The number of sulfonamides is 1. The zero-order chi connectivity index (χ0) is 20.2. The van der Waals surface area contributed by atoms with E-state index < -0.39 is 22.0 Å². The van der Waals surface area contributed by atoms with Gasteiger partial charge in [0.2, 0.25) is 0 Å². The van der Waals surface area contributed by atoms with Crippen LogP contribution in [0.4, 0.5) is 5.69 Å². The van der Waals surface area contributed by atoms with E-state index in [0.29, 0.717) is 10.0 Å². The highest BCUT2D eigenvalue weighted by molar-refractivity contribution is 8.00. The second kappa shape index (κ2) is 9.39. The Balaban J connectivity index is 2.50. The first-order valence-corrected chi connectivity index (χ1v) is 11.4. The van der Waals surface area contributed by atoms with E-state index in [1.165, 1.54) is 40.7 Å². The van der Waals surface area contributed by atoms with Crippen molar-refractivity contribution >= 4 is 68.2 Å². The SMILES string of the molecule is CC(CSCC(=O)O)N(c1cc(Cl)ccc1Cl)S(=O)(=O)c1ccc(Cl)cc1. The third-order valence-electron chi connectivity index (χ3n) is 3.50. The topological polar surface area (TPSA) is 74.7 Å². The van der Waals surface area contributed by atoms with Crippen LogP contribution in [0.3, 0.4) is 0 Å². The summed E-state index contributed by atoms with van der Waals surface area (Å²) in [5.41, 5.74) is 0.225. The van der Waals surface area contributed by atoms with E-state index in [-0.39, 0.29) is 27.1 Å². The summed E-state index contributed by atoms with van der Waals surface area (Å²) in [6, 6.07) is 9.74. The van der Waals surface area contributed by atoms with E-state index >= 15 is 0 Å². The molecule has 27 heavy (non-hydrogen) atoms. The number of anilines is 1. The molecule has 5 nitrogen and oxygen atoms in total. The number of carbonyl (C=O) groups is 1. The van der Waals surface area contributed by atoms with Gasteiger partial charge in [0.1, 0.15) is 0 Å². The third kappa shape index (κ3) is 5.68. The maximum absolute atomic E-state index is 13.3. The molecule has 2 rings (SSSR count). The number of carboxylic acids is 1. The normalized spacial score (nSPS) is 12.6. The quantitative estimate of drug-likeness (QED) is 0.587. The number of rotatable bonds is 8. The highest BCUT2D eigenvalue weighted by atomic mass is 35.5. The fourth-order valence-corrected chi connectivity index (χ4v) is 5.46. The van der Waals surface area contributed by atoms with Crippen LogP contribution < -0.4 is 4.31 Å². The van der Waals surface area contributed by atoms with Gasteiger partial charge >= 0.3 is 5.97 Å². The van der Waals surface area contributed by atoms with Crippen molar-refractivity contribution in [2.45, 2.75) is 17.9 Å². The van der Waals surface area contributed by atoms with Crippen molar-refractivity contribution in [1.29, 1.82) is 0 Å². The molecule has 2 aromatic carbocycles. The summed E-state index contributed by atoms with van der Waals surface area (Å²) in [5.74, 6) is -0.857. The predicted molar refractivity (Wildman–Crippen MR) is 112 cm³/mol. The molecule has 0 aliphatic heterocycles. The van der Waals surface area contributed by atoms with Crippen LogP contribution >= 0.6 is 46.6 Å². The molecule has 1 N–H and O–H groups in total. The molecule has 0 radical (unpaired) electrons. The molecule has 0 aliphatic rings. The van der Waals surface area contributed by atoms with Crippen molar-refractivity contribution in [1.82, 2.24) is 0 Å². The minimum atomic E-state index is -3.99. The molecule has 0 heterocycles. The second-order valence-electron chi connectivity index (χ2n) is 5.61. The summed E-state index contributed by atoms with van der Waals surface area (Å²) in [6.07, 6.45) is 0. The number of thioether (sulfide) groups is 1. The number of nitrogens with zero attached hydrogens (tertiary/aromatic N) is 1. The van der Waals surface area contributed by atoms with E-state index in [2.05, 4.69) is 0 Å². The zero-order valence-electron chi connectivity index (χ0n) is 14.1. The first kappa shape index (κ1) is 22.2. The molecule has 1 unspecified atom stereocenters. The molecular weight excluding hydrogens is 453 g/mol. The van der Waals surface area contributed by atoms with Crippen LogP contribution in [0.2, 0.25) is 15.1 Å². The Hall–Kier alpha value is -1.12. The highest BCUT2D eigenvalue weighted by Gasteiger charge is 2.31. The van der Waals surface area contributed by atoms with Crippen molar-refractivity contribution < 1.29 is 18.3 Å². The van der Waals surface area contributed by atoms with Gasteiger partial charge in [0.25, 0.3) is 10.0 Å². The molecule has 1 atom stereocenters. The van der Waals surface area contributed by atoms with Crippen molar-refractivity contribution in [2.24, 2.45) is 0 Å². The Morgan fingerprint density at radius 3 is 2.30 bits per heavy atom. The first-order valence-electron chi connectivity index (χ1n) is 7.67. The fourth-order valence-electron chi connectivity index (χ4n) is 2.36. The minimum Gasteiger partial charge on any atom is -0.481 e. The maximum Gasteiger partial charge on any atom is 0.313 e. The average molecular weight is 469 g/mol. The molecule has 0 saturated carbocycles. The van der Waals surface area contributed by atoms with Crippen molar-refractivity contribution in [3.8, 4) is 0 Å². The maximum atomic E-state index is 13.3. The number of hydrogen-bond acceptors (Lipinski definition) is 4.